The van der Waals surface area contributed by atoms with E-state index in [9.17, 15) is 0 Å². The van der Waals surface area contributed by atoms with Crippen molar-refractivity contribution in [2.75, 3.05) is 6.61 Å². The van der Waals surface area contributed by atoms with Crippen molar-refractivity contribution in [2.45, 2.75) is 58.3 Å². The maximum Gasteiger partial charge on any atom is 0.122 e. The van der Waals surface area contributed by atoms with Gasteiger partial charge in [-0.2, -0.15) is 0 Å². The van der Waals surface area contributed by atoms with Crippen LogP contribution in [0.5, 0.6) is 5.75 Å². The monoisotopic (exact) mass is 362 g/mol. The van der Waals surface area contributed by atoms with Gasteiger partial charge in [0.15, 0.2) is 0 Å². The second-order valence-electron chi connectivity index (χ2n) is 9.68. The highest BCUT2D eigenvalue weighted by Crippen LogP contribution is 2.38. The minimum absolute atomic E-state index is 0.0897. The molecule has 1 atom stereocenters. The molecule has 2 heterocycles. The van der Waals surface area contributed by atoms with Gasteiger partial charge in [0.1, 0.15) is 5.75 Å². The molecular formula is C24H30N2O. The Balaban J connectivity index is 1.54. The summed E-state index contributed by atoms with van der Waals surface area (Å²) in [6.07, 6.45) is 3.96. The fourth-order valence-electron chi connectivity index (χ4n) is 4.25. The van der Waals surface area contributed by atoms with Crippen LogP contribution in [0.25, 0.3) is 11.0 Å². The molecule has 4 rings (SSSR count). The molecule has 0 bridgehead atoms. The first-order chi connectivity index (χ1) is 12.7. The van der Waals surface area contributed by atoms with Crippen LogP contribution in [-0.4, -0.2) is 16.6 Å². The summed E-state index contributed by atoms with van der Waals surface area (Å²) < 4.78 is 6.13. The van der Waals surface area contributed by atoms with Crippen LogP contribution in [0.2, 0.25) is 0 Å². The minimum atomic E-state index is 0.0897. The van der Waals surface area contributed by atoms with Gasteiger partial charge in [-0.1, -0.05) is 52.8 Å². The fraction of sp³-hybridized carbons (Fsp3) is 0.458. The second kappa shape index (κ2) is 6.40. The summed E-state index contributed by atoms with van der Waals surface area (Å²) in [6, 6.07) is 13.3. The first kappa shape index (κ1) is 18.1. The SMILES string of the molecule is CC(C)(C)c1ccc2c(c1)CC(CC(C)(C)c1ccc3nc[nH]c3c1)CO2. The Morgan fingerprint density at radius 3 is 2.59 bits per heavy atom. The highest BCUT2D eigenvalue weighted by Gasteiger charge is 2.30. The average Bonchev–Trinajstić information content (AvgIpc) is 3.07. The Hall–Kier alpha value is -2.29. The van der Waals surface area contributed by atoms with E-state index in [0.717, 1.165) is 36.2 Å². The number of H-pyrrole nitrogens is 1. The van der Waals surface area contributed by atoms with Gasteiger partial charge in [-0.05, 0) is 64.5 Å². The summed E-state index contributed by atoms with van der Waals surface area (Å²) >= 11 is 0. The van der Waals surface area contributed by atoms with Crippen molar-refractivity contribution in [1.82, 2.24) is 9.97 Å². The number of imidazole rings is 1. The molecule has 0 saturated carbocycles. The Labute approximate surface area is 162 Å². The highest BCUT2D eigenvalue weighted by molar-refractivity contribution is 5.75. The highest BCUT2D eigenvalue weighted by atomic mass is 16.5. The predicted molar refractivity (Wildman–Crippen MR) is 112 cm³/mol. The van der Waals surface area contributed by atoms with E-state index < -0.39 is 0 Å². The summed E-state index contributed by atoms with van der Waals surface area (Å²) in [5.74, 6) is 1.59. The van der Waals surface area contributed by atoms with E-state index in [1.54, 1.807) is 6.33 Å². The molecule has 3 aromatic rings. The average molecular weight is 363 g/mol. The lowest BCUT2D eigenvalue weighted by Crippen LogP contribution is -2.29. The molecule has 2 aromatic carbocycles. The zero-order chi connectivity index (χ0) is 19.2. The van der Waals surface area contributed by atoms with Crippen molar-refractivity contribution in [1.29, 1.82) is 0 Å². The lowest BCUT2D eigenvalue weighted by Gasteiger charge is -2.34. The molecule has 1 N–H and O–H groups in total. The number of aromatic amines is 1. The standard InChI is InChI=1S/C24H30N2O/c1-23(2,3)18-7-9-22-17(11-18)10-16(14-27-22)13-24(4,5)19-6-8-20-21(12-19)26-15-25-20/h6-9,11-12,15-16H,10,13-14H2,1-5H3,(H,25,26). The summed E-state index contributed by atoms with van der Waals surface area (Å²) in [7, 11) is 0. The van der Waals surface area contributed by atoms with Crippen LogP contribution >= 0.6 is 0 Å². The van der Waals surface area contributed by atoms with Gasteiger partial charge in [0.2, 0.25) is 0 Å². The number of hydrogen-bond donors (Lipinski definition) is 1. The number of rotatable bonds is 3. The molecule has 0 amide bonds. The topological polar surface area (TPSA) is 37.9 Å². The van der Waals surface area contributed by atoms with Crippen molar-refractivity contribution >= 4 is 11.0 Å². The molecule has 0 spiro atoms. The Bertz CT molecular complexity index is 962. The molecule has 0 radical (unpaired) electrons. The molecule has 0 saturated heterocycles. The van der Waals surface area contributed by atoms with Crippen LogP contribution in [0.4, 0.5) is 0 Å². The van der Waals surface area contributed by atoms with E-state index in [0.29, 0.717) is 5.92 Å². The van der Waals surface area contributed by atoms with Crippen LogP contribution in [0.15, 0.2) is 42.7 Å². The third-order valence-corrected chi connectivity index (χ3v) is 5.91. The van der Waals surface area contributed by atoms with E-state index in [1.807, 2.05) is 0 Å². The first-order valence-electron chi connectivity index (χ1n) is 9.92. The van der Waals surface area contributed by atoms with E-state index in [-0.39, 0.29) is 10.8 Å². The molecule has 0 aliphatic carbocycles. The second-order valence-corrected chi connectivity index (χ2v) is 9.68. The minimum Gasteiger partial charge on any atom is -0.493 e. The smallest absolute Gasteiger partial charge is 0.122 e. The largest absolute Gasteiger partial charge is 0.493 e. The molecular weight excluding hydrogens is 332 g/mol. The van der Waals surface area contributed by atoms with Gasteiger partial charge in [0, 0.05) is 0 Å². The fourth-order valence-corrected chi connectivity index (χ4v) is 4.25. The number of benzene rings is 2. The molecule has 3 heteroatoms. The zero-order valence-electron chi connectivity index (χ0n) is 17.1. The molecule has 1 aliphatic heterocycles. The molecule has 1 unspecified atom stereocenters. The third kappa shape index (κ3) is 3.60. The Morgan fingerprint density at radius 2 is 1.81 bits per heavy atom. The van der Waals surface area contributed by atoms with Gasteiger partial charge >= 0.3 is 0 Å². The van der Waals surface area contributed by atoms with Crippen molar-refractivity contribution in [2.24, 2.45) is 5.92 Å². The van der Waals surface area contributed by atoms with Gasteiger partial charge in [-0.25, -0.2) is 4.98 Å². The van der Waals surface area contributed by atoms with E-state index in [2.05, 4.69) is 81.0 Å². The summed E-state index contributed by atoms with van der Waals surface area (Å²) in [5, 5.41) is 0. The first-order valence-corrected chi connectivity index (χ1v) is 9.92. The van der Waals surface area contributed by atoms with Crippen molar-refractivity contribution < 1.29 is 4.74 Å². The normalized spacial score (nSPS) is 17.6. The van der Waals surface area contributed by atoms with Gasteiger partial charge in [0.05, 0.1) is 24.0 Å². The number of fused-ring (bicyclic) bond motifs is 2. The van der Waals surface area contributed by atoms with E-state index >= 15 is 0 Å². The number of nitrogens with one attached hydrogen (secondary N) is 1. The van der Waals surface area contributed by atoms with E-state index in [1.165, 1.54) is 16.7 Å². The Morgan fingerprint density at radius 1 is 1.04 bits per heavy atom. The quantitative estimate of drug-likeness (QED) is 0.641. The van der Waals surface area contributed by atoms with Gasteiger partial charge in [-0.3, -0.25) is 0 Å². The van der Waals surface area contributed by atoms with Crippen LogP contribution in [0.3, 0.4) is 0 Å². The molecule has 27 heavy (non-hydrogen) atoms. The van der Waals surface area contributed by atoms with Gasteiger partial charge in [-0.15, -0.1) is 0 Å². The van der Waals surface area contributed by atoms with Crippen molar-refractivity contribution in [3.63, 3.8) is 0 Å². The van der Waals surface area contributed by atoms with E-state index in [4.69, 9.17) is 4.74 Å². The number of nitrogens with zero attached hydrogens (tertiary/aromatic N) is 1. The lowest BCUT2D eigenvalue weighted by atomic mass is 9.75. The summed E-state index contributed by atoms with van der Waals surface area (Å²) in [6.45, 7) is 12.3. The summed E-state index contributed by atoms with van der Waals surface area (Å²) in [5.41, 5.74) is 6.49. The maximum absolute atomic E-state index is 6.13. The molecule has 1 aromatic heterocycles. The maximum atomic E-state index is 6.13. The van der Waals surface area contributed by atoms with Crippen molar-refractivity contribution in [3.05, 3.63) is 59.4 Å². The zero-order valence-corrected chi connectivity index (χ0v) is 17.1. The third-order valence-electron chi connectivity index (χ3n) is 5.91. The van der Waals surface area contributed by atoms with Crippen LogP contribution in [0.1, 0.15) is 57.7 Å². The van der Waals surface area contributed by atoms with Gasteiger partial charge in [0.25, 0.3) is 0 Å². The lowest BCUT2D eigenvalue weighted by molar-refractivity contribution is 0.192. The van der Waals surface area contributed by atoms with Crippen LogP contribution in [-0.2, 0) is 17.3 Å². The number of ether oxygens (including phenoxy) is 1. The summed E-state index contributed by atoms with van der Waals surface area (Å²) in [4.78, 5) is 7.57. The predicted octanol–water partition coefficient (Wildman–Crippen LogP) is 5.78. The van der Waals surface area contributed by atoms with Crippen LogP contribution < -0.4 is 4.74 Å². The van der Waals surface area contributed by atoms with Crippen molar-refractivity contribution in [3.8, 4) is 5.75 Å². The number of aromatic nitrogens is 2. The molecule has 1 aliphatic rings. The molecule has 0 fully saturated rings. The molecule has 3 nitrogen and oxygen atoms in total. The van der Waals surface area contributed by atoms with Gasteiger partial charge < -0.3 is 9.72 Å². The van der Waals surface area contributed by atoms with Crippen LogP contribution in [0, 0.1) is 5.92 Å². The number of hydrogen-bond acceptors (Lipinski definition) is 2. The Kier molecular flexibility index (Phi) is 4.29. The molecule has 142 valence electrons.